The molecule has 0 saturated heterocycles. The summed E-state index contributed by atoms with van der Waals surface area (Å²) in [6, 6.07) is 8.08. The second-order valence-corrected chi connectivity index (χ2v) is 11.5. The molecule has 1 aliphatic heterocycles. The molecule has 0 spiro atoms. The van der Waals surface area contributed by atoms with E-state index in [0.717, 1.165) is 30.6 Å². The smallest absolute Gasteiger partial charge is 0.246 e. The molecule has 1 heterocycles. The largest absolute Gasteiger partial charge is 0.497 e. The highest BCUT2D eigenvalue weighted by molar-refractivity contribution is 5.89. The molecule has 3 fully saturated rings. The van der Waals surface area contributed by atoms with Crippen LogP contribution < -0.4 is 10.1 Å². The first-order valence-electron chi connectivity index (χ1n) is 12.6. The molecule has 7 atom stereocenters. The van der Waals surface area contributed by atoms with Crippen molar-refractivity contribution in [2.24, 2.45) is 34.5 Å². The van der Waals surface area contributed by atoms with Crippen LogP contribution in [-0.2, 0) is 16.1 Å². The lowest BCUT2D eigenvalue weighted by molar-refractivity contribution is -0.154. The van der Waals surface area contributed by atoms with Gasteiger partial charge in [-0.2, -0.15) is 0 Å². The molecule has 0 bridgehead atoms. The number of hydrogen-bond donors (Lipinski definition) is 1. The van der Waals surface area contributed by atoms with Crippen molar-refractivity contribution in [3.63, 3.8) is 0 Å². The van der Waals surface area contributed by atoms with E-state index in [0.29, 0.717) is 18.4 Å². The van der Waals surface area contributed by atoms with Gasteiger partial charge in [-0.05, 0) is 79.0 Å². The number of rotatable bonds is 4. The van der Waals surface area contributed by atoms with Crippen LogP contribution in [-0.4, -0.2) is 36.9 Å². The fraction of sp³-hybridized carbons (Fsp3) is 0.643. The lowest BCUT2D eigenvalue weighted by Crippen LogP contribution is -2.63. The van der Waals surface area contributed by atoms with Gasteiger partial charge in [0.1, 0.15) is 5.75 Å². The number of carbonyl (C=O) groups excluding carboxylic acids is 2. The third-order valence-electron chi connectivity index (χ3n) is 9.83. The van der Waals surface area contributed by atoms with Gasteiger partial charge in [0, 0.05) is 31.0 Å². The van der Waals surface area contributed by atoms with Gasteiger partial charge in [0.2, 0.25) is 11.8 Å². The second kappa shape index (κ2) is 8.18. The Hall–Kier alpha value is -2.30. The summed E-state index contributed by atoms with van der Waals surface area (Å²) in [6.07, 6.45) is 10.8. The van der Waals surface area contributed by atoms with Gasteiger partial charge < -0.3 is 15.0 Å². The van der Waals surface area contributed by atoms with Gasteiger partial charge >= 0.3 is 0 Å². The normalized spacial score (nSPS) is 39.5. The number of carbonyl (C=O) groups is 2. The monoisotopic (exact) mass is 450 g/mol. The maximum Gasteiger partial charge on any atom is 0.246 e. The average molecular weight is 451 g/mol. The fourth-order valence-corrected chi connectivity index (χ4v) is 8.26. The molecule has 0 radical (unpaired) electrons. The zero-order chi connectivity index (χ0) is 23.4. The SMILES string of the molecule is COc1ccc(CNC(=O)C2C[C@]3(C)CCC[C@H]3[C@@H]3CCC4N(C)C(=O)C=C[C@]4(C)[C@H]23)cc1. The summed E-state index contributed by atoms with van der Waals surface area (Å²) in [6.45, 7) is 5.28. The minimum Gasteiger partial charge on any atom is -0.497 e. The number of likely N-dealkylation sites (N-methyl/N-ethyl adjacent to an activating group) is 1. The Bertz CT molecular complexity index is 956. The maximum atomic E-state index is 13.8. The zero-order valence-electron chi connectivity index (χ0n) is 20.5. The Balaban J connectivity index is 1.44. The third kappa shape index (κ3) is 3.59. The Morgan fingerprint density at radius 2 is 1.94 bits per heavy atom. The van der Waals surface area contributed by atoms with E-state index in [1.807, 2.05) is 36.2 Å². The minimum absolute atomic E-state index is 0.0216. The fourth-order valence-electron chi connectivity index (χ4n) is 8.26. The highest BCUT2D eigenvalue weighted by Crippen LogP contribution is 2.65. The molecule has 2 amide bonds. The number of amides is 2. The van der Waals surface area contributed by atoms with Gasteiger partial charge in [-0.25, -0.2) is 0 Å². The summed E-state index contributed by atoms with van der Waals surface area (Å²) >= 11 is 0. The molecule has 1 N–H and O–H groups in total. The predicted molar refractivity (Wildman–Crippen MR) is 128 cm³/mol. The van der Waals surface area contributed by atoms with E-state index in [1.165, 1.54) is 19.3 Å². The van der Waals surface area contributed by atoms with Crippen LogP contribution in [0, 0.1) is 34.5 Å². The van der Waals surface area contributed by atoms with Gasteiger partial charge in [-0.15, -0.1) is 0 Å². The minimum atomic E-state index is -0.155. The van der Waals surface area contributed by atoms with Crippen LogP contribution in [0.3, 0.4) is 0 Å². The zero-order valence-corrected chi connectivity index (χ0v) is 20.5. The number of methoxy groups -OCH3 is 1. The van der Waals surface area contributed by atoms with E-state index in [2.05, 4.69) is 25.2 Å². The van der Waals surface area contributed by atoms with Gasteiger partial charge in [0.15, 0.2) is 0 Å². The van der Waals surface area contributed by atoms with Crippen molar-refractivity contribution in [1.29, 1.82) is 0 Å². The van der Waals surface area contributed by atoms with Gasteiger partial charge in [0.05, 0.1) is 7.11 Å². The van der Waals surface area contributed by atoms with Crippen molar-refractivity contribution < 1.29 is 14.3 Å². The Morgan fingerprint density at radius 1 is 1.18 bits per heavy atom. The third-order valence-corrected chi connectivity index (χ3v) is 9.83. The molecule has 4 aliphatic rings. The van der Waals surface area contributed by atoms with Crippen LogP contribution >= 0.6 is 0 Å². The summed E-state index contributed by atoms with van der Waals surface area (Å²) in [7, 11) is 3.60. The van der Waals surface area contributed by atoms with E-state index < -0.39 is 0 Å². The second-order valence-electron chi connectivity index (χ2n) is 11.5. The maximum absolute atomic E-state index is 13.8. The summed E-state index contributed by atoms with van der Waals surface area (Å²) in [5.41, 5.74) is 1.18. The molecule has 5 heteroatoms. The first kappa shape index (κ1) is 22.5. The molecule has 1 aromatic carbocycles. The van der Waals surface area contributed by atoms with Crippen LogP contribution in [0.2, 0.25) is 0 Å². The van der Waals surface area contributed by atoms with E-state index in [4.69, 9.17) is 4.74 Å². The van der Waals surface area contributed by atoms with Crippen molar-refractivity contribution in [2.75, 3.05) is 14.2 Å². The van der Waals surface area contributed by atoms with E-state index >= 15 is 0 Å². The number of ether oxygens (including phenoxy) is 1. The first-order chi connectivity index (χ1) is 15.8. The lowest BCUT2D eigenvalue weighted by atomic mass is 9.45. The molecule has 0 aromatic heterocycles. The number of nitrogens with one attached hydrogen (secondary N) is 1. The van der Waals surface area contributed by atoms with Crippen LogP contribution in [0.4, 0.5) is 0 Å². The van der Waals surface area contributed by atoms with Gasteiger partial charge in [-0.1, -0.05) is 38.5 Å². The van der Waals surface area contributed by atoms with Crippen molar-refractivity contribution in [3.8, 4) is 5.75 Å². The topological polar surface area (TPSA) is 58.6 Å². The van der Waals surface area contributed by atoms with E-state index in [1.54, 1.807) is 13.2 Å². The lowest BCUT2D eigenvalue weighted by Gasteiger charge is -2.61. The first-order valence-corrected chi connectivity index (χ1v) is 12.6. The van der Waals surface area contributed by atoms with Crippen LogP contribution in [0.25, 0.3) is 0 Å². The van der Waals surface area contributed by atoms with Crippen molar-refractivity contribution >= 4 is 11.8 Å². The Morgan fingerprint density at radius 3 is 2.67 bits per heavy atom. The predicted octanol–water partition coefficient (Wildman–Crippen LogP) is 4.57. The molecular formula is C28H38N2O3. The highest BCUT2D eigenvalue weighted by atomic mass is 16.5. The number of hydrogen-bond acceptors (Lipinski definition) is 3. The Labute approximate surface area is 197 Å². The molecule has 33 heavy (non-hydrogen) atoms. The summed E-state index contributed by atoms with van der Waals surface area (Å²) in [4.78, 5) is 28.2. The van der Waals surface area contributed by atoms with Crippen molar-refractivity contribution in [2.45, 2.75) is 65.0 Å². The summed E-state index contributed by atoms with van der Waals surface area (Å²) < 4.78 is 5.26. The van der Waals surface area contributed by atoms with Crippen LogP contribution in [0.1, 0.15) is 57.9 Å². The molecule has 2 unspecified atom stereocenters. The molecule has 1 aromatic rings. The summed E-state index contributed by atoms with van der Waals surface area (Å²) in [5.74, 6) is 2.60. The molecule has 5 nitrogen and oxygen atoms in total. The van der Waals surface area contributed by atoms with Crippen LogP contribution in [0.5, 0.6) is 5.75 Å². The quantitative estimate of drug-likeness (QED) is 0.731. The van der Waals surface area contributed by atoms with Crippen molar-refractivity contribution in [1.82, 2.24) is 10.2 Å². The Kier molecular flexibility index (Phi) is 5.57. The number of fused-ring (bicyclic) bond motifs is 5. The number of benzene rings is 1. The molecule has 5 rings (SSSR count). The van der Waals surface area contributed by atoms with E-state index in [-0.39, 0.29) is 40.5 Å². The van der Waals surface area contributed by atoms with Gasteiger partial charge in [0.25, 0.3) is 0 Å². The van der Waals surface area contributed by atoms with Crippen molar-refractivity contribution in [3.05, 3.63) is 42.0 Å². The summed E-state index contributed by atoms with van der Waals surface area (Å²) in [5, 5.41) is 3.28. The van der Waals surface area contributed by atoms with Crippen LogP contribution in [0.15, 0.2) is 36.4 Å². The molecular weight excluding hydrogens is 412 g/mol. The highest BCUT2D eigenvalue weighted by Gasteiger charge is 2.62. The number of nitrogens with zero attached hydrogens (tertiary/aromatic N) is 1. The van der Waals surface area contributed by atoms with E-state index in [9.17, 15) is 9.59 Å². The standard InChI is InChI=1S/C28H38N2O3/c1-27-14-5-6-22(27)20-11-12-23-28(2,15-13-24(31)30(23)3)25(20)21(16-27)26(32)29-17-18-7-9-19(33-4)10-8-18/h7-10,13,15,20-23,25H,5-6,11-12,14,16-17H2,1-4H3,(H,29,32)/t20-,21?,22-,23?,25-,27-,28-/m0/s1. The molecule has 3 saturated carbocycles. The average Bonchev–Trinajstić information content (AvgIpc) is 3.21. The molecule has 178 valence electrons. The molecule has 3 aliphatic carbocycles. The van der Waals surface area contributed by atoms with Gasteiger partial charge in [-0.3, -0.25) is 9.59 Å².